The van der Waals surface area contributed by atoms with Crippen LogP contribution in [0.2, 0.25) is 0 Å². The first kappa shape index (κ1) is 39.9. The molecule has 0 aliphatic carbocycles. The number of amides is 1. The summed E-state index contributed by atoms with van der Waals surface area (Å²) in [4.78, 5) is 23.7. The van der Waals surface area contributed by atoms with Gasteiger partial charge in [0.15, 0.2) is 12.6 Å². The highest BCUT2D eigenvalue weighted by atomic mass is 16.7. The van der Waals surface area contributed by atoms with E-state index in [0.717, 1.165) is 0 Å². The van der Waals surface area contributed by atoms with Crippen molar-refractivity contribution in [2.75, 3.05) is 39.6 Å². The number of ether oxygens (including phenoxy) is 6. The van der Waals surface area contributed by atoms with Crippen molar-refractivity contribution < 1.29 is 48.2 Å². The normalized spacial score (nSPS) is 29.6. The summed E-state index contributed by atoms with van der Waals surface area (Å²) in [6.07, 6.45) is 1.82. The van der Waals surface area contributed by atoms with E-state index < -0.39 is 18.0 Å². The number of hydrogen-bond donors (Lipinski definition) is 3. The molecule has 46 heavy (non-hydrogen) atoms. The van der Waals surface area contributed by atoms with Crippen LogP contribution in [0.15, 0.2) is 30.3 Å². The Balaban J connectivity index is 0.000000238. The molecule has 4 fully saturated rings. The number of carbonyl (C=O) groups excluding carboxylic acids is 2. The molecule has 0 unspecified atom stereocenters. The Bertz CT molecular complexity index is 1010. The lowest BCUT2D eigenvalue weighted by molar-refractivity contribution is -0.181. The summed E-state index contributed by atoms with van der Waals surface area (Å²) in [7, 11) is 0. The third kappa shape index (κ3) is 13.1. The first-order valence-electron chi connectivity index (χ1n) is 16.6. The number of esters is 1. The molecule has 1 aromatic carbocycles. The fourth-order valence-corrected chi connectivity index (χ4v) is 5.70. The molecule has 4 N–H and O–H groups in total. The van der Waals surface area contributed by atoms with Gasteiger partial charge in [-0.2, -0.15) is 0 Å². The van der Waals surface area contributed by atoms with Gasteiger partial charge in [-0.25, -0.2) is 4.79 Å². The summed E-state index contributed by atoms with van der Waals surface area (Å²) in [6.45, 7) is 15.7. The number of fused-ring (bicyclic) bond motifs is 2. The Kier molecular flexibility index (Phi) is 17.4. The zero-order valence-corrected chi connectivity index (χ0v) is 28.8. The van der Waals surface area contributed by atoms with Crippen LogP contribution in [0.1, 0.15) is 73.3 Å². The van der Waals surface area contributed by atoms with E-state index in [1.54, 1.807) is 11.8 Å². The maximum Gasteiger partial charge on any atom is 0.410 e. The number of aryl methyl sites for hydroxylation is 1. The second-order valence-corrected chi connectivity index (χ2v) is 12.7. The van der Waals surface area contributed by atoms with Gasteiger partial charge in [-0.1, -0.05) is 43.7 Å². The standard InChI is InChI=1S/C14H25NO5.C9H12.C7H13NO3.C4H8O2/c1-5-15(13(17)20-14(2,3)4)9-8-19-12-11(9)10(16)6-7-18-12;1-2-6-9-7-4-3-5-8-9;8-4-3-11-7-6(4)5(9)1-2-10-7;1-3-6-4(2)5/h9-12,16H,5-8H2,1-4H3;3-5,7-8H,2,6H2,1H3;4-7,9H,1-3,8H2;3H2,1-2H3/t9-,10-,11-,12-;;4-,5-,6-,7-;/m0.0./s1. The average Bonchev–Trinajstić information content (AvgIpc) is 3.60. The smallest absolute Gasteiger partial charge is 0.410 e. The topological polar surface area (TPSA) is 159 Å². The summed E-state index contributed by atoms with van der Waals surface area (Å²) in [5.74, 6) is -0.419. The van der Waals surface area contributed by atoms with Crippen LogP contribution in [0, 0.1) is 11.8 Å². The van der Waals surface area contributed by atoms with Gasteiger partial charge in [-0.15, -0.1) is 0 Å². The molecular weight excluding hydrogens is 596 g/mol. The fourth-order valence-electron chi connectivity index (χ4n) is 5.70. The van der Waals surface area contributed by atoms with E-state index in [-0.39, 0.29) is 48.4 Å². The quantitative estimate of drug-likeness (QED) is 0.398. The van der Waals surface area contributed by atoms with Crippen LogP contribution in [-0.2, 0) is 39.6 Å². The Morgan fingerprint density at radius 1 is 0.913 bits per heavy atom. The number of rotatable bonds is 5. The Labute approximate surface area is 274 Å². The molecule has 5 rings (SSSR count). The number of aliphatic hydroxyl groups excluding tert-OH is 2. The molecule has 4 aliphatic heterocycles. The van der Waals surface area contributed by atoms with Crippen LogP contribution in [0.3, 0.4) is 0 Å². The molecule has 0 saturated carbocycles. The minimum Gasteiger partial charge on any atom is -0.466 e. The molecule has 1 amide bonds. The molecule has 4 heterocycles. The van der Waals surface area contributed by atoms with Gasteiger partial charge in [0.05, 0.1) is 63.1 Å². The monoisotopic (exact) mass is 654 g/mol. The van der Waals surface area contributed by atoms with Crippen LogP contribution in [0.4, 0.5) is 4.79 Å². The van der Waals surface area contributed by atoms with Crippen molar-refractivity contribution in [2.45, 2.75) is 117 Å². The van der Waals surface area contributed by atoms with Gasteiger partial charge >= 0.3 is 12.1 Å². The maximum absolute atomic E-state index is 12.3. The highest BCUT2D eigenvalue weighted by molar-refractivity contribution is 5.68. The minimum absolute atomic E-state index is 0.0104. The predicted molar refractivity (Wildman–Crippen MR) is 173 cm³/mol. The third-order valence-corrected chi connectivity index (χ3v) is 7.83. The van der Waals surface area contributed by atoms with Crippen molar-refractivity contribution in [1.29, 1.82) is 0 Å². The van der Waals surface area contributed by atoms with Gasteiger partial charge in [0, 0.05) is 19.5 Å². The Morgan fingerprint density at radius 3 is 1.96 bits per heavy atom. The number of carbonyl (C=O) groups is 2. The van der Waals surface area contributed by atoms with Crippen molar-refractivity contribution in [2.24, 2.45) is 17.6 Å². The first-order chi connectivity index (χ1) is 21.8. The summed E-state index contributed by atoms with van der Waals surface area (Å²) < 4.78 is 31.4. The first-order valence-corrected chi connectivity index (χ1v) is 16.6. The highest BCUT2D eigenvalue weighted by Gasteiger charge is 2.49. The molecule has 0 radical (unpaired) electrons. The van der Waals surface area contributed by atoms with Crippen LogP contribution in [0.25, 0.3) is 0 Å². The minimum atomic E-state index is -0.537. The lowest BCUT2D eigenvalue weighted by Crippen LogP contribution is -2.52. The largest absolute Gasteiger partial charge is 0.466 e. The maximum atomic E-state index is 12.3. The second-order valence-electron chi connectivity index (χ2n) is 12.7. The summed E-state index contributed by atoms with van der Waals surface area (Å²) in [6, 6.07) is 10.3. The van der Waals surface area contributed by atoms with Crippen molar-refractivity contribution in [3.63, 3.8) is 0 Å². The van der Waals surface area contributed by atoms with Crippen LogP contribution >= 0.6 is 0 Å². The molecule has 12 nitrogen and oxygen atoms in total. The van der Waals surface area contributed by atoms with Gasteiger partial charge in [0.2, 0.25) is 0 Å². The van der Waals surface area contributed by atoms with Crippen molar-refractivity contribution in [3.05, 3.63) is 35.9 Å². The Hall–Kier alpha value is -2.32. The number of nitrogens with two attached hydrogens (primary N) is 1. The van der Waals surface area contributed by atoms with E-state index in [4.69, 9.17) is 29.4 Å². The number of hydrogen-bond acceptors (Lipinski definition) is 11. The number of benzene rings is 1. The number of likely N-dealkylation sites (N-methyl/N-ethyl adjacent to an activating group) is 1. The molecule has 264 valence electrons. The average molecular weight is 655 g/mol. The molecular formula is C34H58N2O10. The molecule has 8 atom stereocenters. The molecule has 0 bridgehead atoms. The van der Waals surface area contributed by atoms with Crippen LogP contribution in [-0.4, -0.2) is 109 Å². The van der Waals surface area contributed by atoms with E-state index in [0.29, 0.717) is 52.4 Å². The zero-order valence-electron chi connectivity index (χ0n) is 28.8. The predicted octanol–water partition coefficient (Wildman–Crippen LogP) is 3.64. The molecule has 0 spiro atoms. The van der Waals surface area contributed by atoms with Gasteiger partial charge in [-0.3, -0.25) is 4.79 Å². The molecule has 0 aromatic heterocycles. The third-order valence-electron chi connectivity index (χ3n) is 7.83. The van der Waals surface area contributed by atoms with Crippen molar-refractivity contribution in [1.82, 2.24) is 4.90 Å². The molecule has 1 aromatic rings. The van der Waals surface area contributed by atoms with Gasteiger partial charge in [-0.05, 0) is 59.4 Å². The van der Waals surface area contributed by atoms with Crippen LogP contribution < -0.4 is 5.73 Å². The number of aliphatic hydroxyl groups is 2. The van der Waals surface area contributed by atoms with E-state index in [1.807, 2.05) is 27.7 Å². The number of nitrogens with zero attached hydrogens (tertiary/aromatic N) is 1. The van der Waals surface area contributed by atoms with Crippen molar-refractivity contribution >= 4 is 12.1 Å². The molecule has 4 aliphatic rings. The van der Waals surface area contributed by atoms with Crippen molar-refractivity contribution in [3.8, 4) is 0 Å². The SMILES string of the molecule is CCCc1ccccc1.CCN(C(=O)OC(C)(C)C)[C@H]1CO[C@@H]2OCC[C@H](O)[C@@H]21.CCOC(C)=O.N[C@H]1CO[C@@H]2OCC[C@H](O)[C@@H]21. The second kappa shape index (κ2) is 20.1. The summed E-state index contributed by atoms with van der Waals surface area (Å²) >= 11 is 0. The molecule has 4 saturated heterocycles. The lowest BCUT2D eigenvalue weighted by atomic mass is 9.91. The highest BCUT2D eigenvalue weighted by Crippen LogP contribution is 2.34. The summed E-state index contributed by atoms with van der Waals surface area (Å²) in [5.41, 5.74) is 6.62. The van der Waals surface area contributed by atoms with E-state index in [2.05, 4.69) is 42.0 Å². The van der Waals surface area contributed by atoms with Crippen LogP contribution in [0.5, 0.6) is 0 Å². The van der Waals surface area contributed by atoms with E-state index >= 15 is 0 Å². The van der Waals surface area contributed by atoms with Gasteiger partial charge in [0.1, 0.15) is 5.60 Å². The lowest BCUT2D eigenvalue weighted by Gasteiger charge is -2.37. The molecule has 12 heteroatoms. The zero-order chi connectivity index (χ0) is 34.3. The Morgan fingerprint density at radius 2 is 1.48 bits per heavy atom. The van der Waals surface area contributed by atoms with E-state index in [9.17, 15) is 19.8 Å². The van der Waals surface area contributed by atoms with E-state index in [1.165, 1.54) is 25.3 Å². The van der Waals surface area contributed by atoms with Gasteiger partial charge < -0.3 is 49.3 Å². The van der Waals surface area contributed by atoms with Gasteiger partial charge in [0.25, 0.3) is 0 Å². The fraction of sp³-hybridized carbons (Fsp3) is 0.765. The summed E-state index contributed by atoms with van der Waals surface area (Å²) in [5, 5.41) is 19.7.